The first-order valence-corrected chi connectivity index (χ1v) is 9.64. The number of ether oxygens (including phenoxy) is 1. The molecule has 0 amide bonds. The van der Waals surface area contributed by atoms with E-state index < -0.39 is 0 Å². The van der Waals surface area contributed by atoms with Crippen LogP contribution in [0, 0.1) is 11.8 Å². The zero-order valence-electron chi connectivity index (χ0n) is 14.0. The summed E-state index contributed by atoms with van der Waals surface area (Å²) < 4.78 is 6.44. The molecule has 2 saturated carbocycles. The highest BCUT2D eigenvalue weighted by Gasteiger charge is 2.40. The van der Waals surface area contributed by atoms with E-state index in [-0.39, 0.29) is 0 Å². The van der Waals surface area contributed by atoms with E-state index >= 15 is 0 Å². The van der Waals surface area contributed by atoms with Gasteiger partial charge in [-0.3, -0.25) is 0 Å². The molecular formula is C19H35NO. The molecule has 1 heterocycles. The molecule has 0 aromatic rings. The summed E-state index contributed by atoms with van der Waals surface area (Å²) in [6.45, 7) is 4.71. The maximum Gasteiger partial charge on any atom is 0.0708 e. The Hall–Kier alpha value is -0.0800. The third-order valence-corrected chi connectivity index (χ3v) is 6.25. The molecule has 2 aliphatic carbocycles. The second-order valence-electron chi connectivity index (χ2n) is 8.15. The fourth-order valence-corrected chi connectivity index (χ4v) is 4.99. The topological polar surface area (TPSA) is 21.3 Å². The van der Waals surface area contributed by atoms with Crippen LogP contribution in [0.15, 0.2) is 0 Å². The number of nitrogens with one attached hydrogen (secondary N) is 1. The second-order valence-corrected chi connectivity index (χ2v) is 8.15. The third-order valence-electron chi connectivity index (χ3n) is 6.25. The maximum absolute atomic E-state index is 6.44. The SMILES string of the molecule is CC1CCCC(CCNCC2CCC3(CCCCC3)O2)C1. The summed E-state index contributed by atoms with van der Waals surface area (Å²) in [6.07, 6.45) is 17.2. The monoisotopic (exact) mass is 293 g/mol. The van der Waals surface area contributed by atoms with Crippen molar-refractivity contribution in [3.8, 4) is 0 Å². The summed E-state index contributed by atoms with van der Waals surface area (Å²) in [5.41, 5.74) is 0.295. The summed E-state index contributed by atoms with van der Waals surface area (Å²) in [5, 5.41) is 3.69. The van der Waals surface area contributed by atoms with Crippen LogP contribution < -0.4 is 5.32 Å². The van der Waals surface area contributed by atoms with Gasteiger partial charge in [-0.1, -0.05) is 45.4 Å². The predicted molar refractivity (Wildman–Crippen MR) is 88.5 cm³/mol. The van der Waals surface area contributed by atoms with Crippen LogP contribution in [0.4, 0.5) is 0 Å². The van der Waals surface area contributed by atoms with Crippen molar-refractivity contribution in [1.82, 2.24) is 5.32 Å². The summed E-state index contributed by atoms with van der Waals surface area (Å²) in [6, 6.07) is 0. The molecule has 3 unspecified atom stereocenters. The molecule has 0 aromatic heterocycles. The first kappa shape index (κ1) is 15.8. The summed E-state index contributed by atoms with van der Waals surface area (Å²) >= 11 is 0. The summed E-state index contributed by atoms with van der Waals surface area (Å²) in [4.78, 5) is 0. The van der Waals surface area contributed by atoms with Crippen LogP contribution in [-0.2, 0) is 4.74 Å². The van der Waals surface area contributed by atoms with E-state index in [0.29, 0.717) is 11.7 Å². The van der Waals surface area contributed by atoms with Gasteiger partial charge in [0.15, 0.2) is 0 Å². The lowest BCUT2D eigenvalue weighted by Crippen LogP contribution is -2.35. The Morgan fingerprint density at radius 3 is 2.67 bits per heavy atom. The Morgan fingerprint density at radius 2 is 1.86 bits per heavy atom. The lowest BCUT2D eigenvalue weighted by molar-refractivity contribution is -0.0623. The number of hydrogen-bond acceptors (Lipinski definition) is 2. The Balaban J connectivity index is 1.29. The molecule has 3 aliphatic rings. The van der Waals surface area contributed by atoms with Crippen LogP contribution in [0.2, 0.25) is 0 Å². The van der Waals surface area contributed by atoms with Crippen LogP contribution in [0.5, 0.6) is 0 Å². The standard InChI is InChI=1S/C19H35NO/c1-16-6-5-7-17(14-16)9-13-20-15-18-8-12-19(21-18)10-3-2-4-11-19/h16-18,20H,2-15H2,1H3. The molecule has 21 heavy (non-hydrogen) atoms. The van der Waals surface area contributed by atoms with Crippen LogP contribution in [0.25, 0.3) is 0 Å². The molecule has 0 bridgehead atoms. The largest absolute Gasteiger partial charge is 0.370 e. The normalized spacial score (nSPS) is 36.1. The fraction of sp³-hybridized carbons (Fsp3) is 1.00. The van der Waals surface area contributed by atoms with Crippen molar-refractivity contribution in [1.29, 1.82) is 0 Å². The molecule has 3 fully saturated rings. The lowest BCUT2D eigenvalue weighted by atomic mass is 9.81. The third kappa shape index (κ3) is 4.45. The molecule has 0 radical (unpaired) electrons. The van der Waals surface area contributed by atoms with Crippen molar-refractivity contribution in [2.45, 2.75) is 95.7 Å². The number of hydrogen-bond donors (Lipinski definition) is 1. The second kappa shape index (κ2) is 7.46. The van der Waals surface area contributed by atoms with Crippen LogP contribution in [0.1, 0.15) is 84.0 Å². The highest BCUT2D eigenvalue weighted by Crippen LogP contribution is 2.41. The van der Waals surface area contributed by atoms with Gasteiger partial charge in [-0.15, -0.1) is 0 Å². The minimum atomic E-state index is 0.295. The van der Waals surface area contributed by atoms with Crippen molar-refractivity contribution in [3.05, 3.63) is 0 Å². The molecular weight excluding hydrogens is 258 g/mol. The minimum absolute atomic E-state index is 0.295. The van der Waals surface area contributed by atoms with Gasteiger partial charge in [0.25, 0.3) is 0 Å². The molecule has 122 valence electrons. The van der Waals surface area contributed by atoms with Crippen molar-refractivity contribution in [3.63, 3.8) is 0 Å². The Labute approximate surface area is 131 Å². The smallest absolute Gasteiger partial charge is 0.0708 e. The molecule has 2 nitrogen and oxygen atoms in total. The maximum atomic E-state index is 6.44. The lowest BCUT2D eigenvalue weighted by Gasteiger charge is -2.33. The van der Waals surface area contributed by atoms with Crippen molar-refractivity contribution >= 4 is 0 Å². The van der Waals surface area contributed by atoms with E-state index in [1.807, 2.05) is 0 Å². The molecule has 3 atom stereocenters. The minimum Gasteiger partial charge on any atom is -0.370 e. The fourth-order valence-electron chi connectivity index (χ4n) is 4.99. The van der Waals surface area contributed by atoms with Crippen LogP contribution in [-0.4, -0.2) is 24.8 Å². The zero-order valence-corrected chi connectivity index (χ0v) is 14.0. The molecule has 1 saturated heterocycles. The molecule has 1 aliphatic heterocycles. The highest BCUT2D eigenvalue weighted by atomic mass is 16.5. The van der Waals surface area contributed by atoms with E-state index in [2.05, 4.69) is 12.2 Å². The molecule has 3 rings (SSSR count). The predicted octanol–water partition coefficient (Wildman–Crippen LogP) is 4.67. The van der Waals surface area contributed by atoms with Gasteiger partial charge in [0.1, 0.15) is 0 Å². The van der Waals surface area contributed by atoms with Crippen molar-refractivity contribution < 1.29 is 4.74 Å². The first-order valence-electron chi connectivity index (χ1n) is 9.64. The van der Waals surface area contributed by atoms with E-state index in [0.717, 1.165) is 18.4 Å². The van der Waals surface area contributed by atoms with Gasteiger partial charge in [-0.2, -0.15) is 0 Å². The zero-order chi connectivity index (χ0) is 14.5. The van der Waals surface area contributed by atoms with E-state index in [1.165, 1.54) is 83.6 Å². The van der Waals surface area contributed by atoms with E-state index in [1.54, 1.807) is 0 Å². The van der Waals surface area contributed by atoms with Gasteiger partial charge in [0.05, 0.1) is 11.7 Å². The Kier molecular flexibility index (Phi) is 5.61. The molecule has 2 heteroatoms. The Morgan fingerprint density at radius 1 is 1.00 bits per heavy atom. The quantitative estimate of drug-likeness (QED) is 0.743. The van der Waals surface area contributed by atoms with Gasteiger partial charge >= 0.3 is 0 Å². The van der Waals surface area contributed by atoms with Gasteiger partial charge in [-0.25, -0.2) is 0 Å². The van der Waals surface area contributed by atoms with E-state index in [9.17, 15) is 0 Å². The van der Waals surface area contributed by atoms with Gasteiger partial charge in [0, 0.05) is 6.54 Å². The number of rotatable bonds is 5. The van der Waals surface area contributed by atoms with E-state index in [4.69, 9.17) is 4.74 Å². The average molecular weight is 293 g/mol. The van der Waals surface area contributed by atoms with Crippen molar-refractivity contribution in [2.24, 2.45) is 11.8 Å². The Bertz CT molecular complexity index is 311. The van der Waals surface area contributed by atoms with Crippen LogP contribution >= 0.6 is 0 Å². The average Bonchev–Trinajstić information content (AvgIpc) is 2.87. The van der Waals surface area contributed by atoms with Crippen molar-refractivity contribution in [2.75, 3.05) is 13.1 Å². The highest BCUT2D eigenvalue weighted by molar-refractivity contribution is 4.91. The van der Waals surface area contributed by atoms with Gasteiger partial charge < -0.3 is 10.1 Å². The molecule has 1 N–H and O–H groups in total. The first-order chi connectivity index (χ1) is 10.3. The van der Waals surface area contributed by atoms with Gasteiger partial charge in [0.2, 0.25) is 0 Å². The van der Waals surface area contributed by atoms with Gasteiger partial charge in [-0.05, 0) is 56.9 Å². The summed E-state index contributed by atoms with van der Waals surface area (Å²) in [7, 11) is 0. The van der Waals surface area contributed by atoms with Crippen LogP contribution in [0.3, 0.4) is 0 Å². The molecule has 1 spiro atoms. The molecule has 0 aromatic carbocycles. The summed E-state index contributed by atoms with van der Waals surface area (Å²) in [5.74, 6) is 1.95.